The first-order valence-electron chi connectivity index (χ1n) is 5.32. The molecule has 1 aliphatic heterocycles. The van der Waals surface area contributed by atoms with E-state index in [4.69, 9.17) is 0 Å². The van der Waals surface area contributed by atoms with Crippen LogP contribution in [0.5, 0.6) is 0 Å². The number of halogens is 1. The highest BCUT2D eigenvalue weighted by Crippen LogP contribution is 2.22. The molecule has 1 N–H and O–H groups in total. The van der Waals surface area contributed by atoms with Crippen LogP contribution in [0.1, 0.15) is 22.3 Å². The van der Waals surface area contributed by atoms with Gasteiger partial charge in [-0.1, -0.05) is 22.0 Å². The highest BCUT2D eigenvalue weighted by Gasteiger charge is 2.26. The Morgan fingerprint density at radius 2 is 2.31 bits per heavy atom. The molecule has 16 heavy (non-hydrogen) atoms. The number of β-amino-alcohol motifs (C(OH)–C–C–N with tert-alkyl or cyclic N) is 1. The molecule has 1 aliphatic rings. The van der Waals surface area contributed by atoms with Gasteiger partial charge in [0.1, 0.15) is 0 Å². The second-order valence-electron chi connectivity index (χ2n) is 4.11. The predicted molar refractivity (Wildman–Crippen MR) is 65.4 cm³/mol. The van der Waals surface area contributed by atoms with Crippen LogP contribution in [0.25, 0.3) is 0 Å². The summed E-state index contributed by atoms with van der Waals surface area (Å²) < 4.78 is 0.943. The van der Waals surface area contributed by atoms with Crippen LogP contribution in [0.2, 0.25) is 0 Å². The third-order valence-electron chi connectivity index (χ3n) is 2.95. The Balaban J connectivity index is 2.24. The molecule has 86 valence electrons. The second kappa shape index (κ2) is 4.55. The summed E-state index contributed by atoms with van der Waals surface area (Å²) >= 11 is 3.41. The Labute approximate surface area is 103 Å². The van der Waals surface area contributed by atoms with Gasteiger partial charge in [-0.15, -0.1) is 0 Å². The van der Waals surface area contributed by atoms with Gasteiger partial charge in [-0.05, 0) is 31.0 Å². The standard InChI is InChI=1S/C12H14BrNO2/c1-8-10(3-2-4-11(8)13)12(16)14-6-5-9(15)7-14/h2-4,9,15H,5-7H2,1H3/t9-/m0/s1. The summed E-state index contributed by atoms with van der Waals surface area (Å²) in [6.45, 7) is 3.01. The molecule has 1 fully saturated rings. The summed E-state index contributed by atoms with van der Waals surface area (Å²) in [6, 6.07) is 5.61. The third-order valence-corrected chi connectivity index (χ3v) is 3.81. The molecule has 1 saturated heterocycles. The topological polar surface area (TPSA) is 40.5 Å². The van der Waals surface area contributed by atoms with E-state index in [0.29, 0.717) is 25.1 Å². The van der Waals surface area contributed by atoms with E-state index in [0.717, 1.165) is 10.0 Å². The van der Waals surface area contributed by atoms with Crippen molar-refractivity contribution in [1.82, 2.24) is 4.90 Å². The Bertz CT molecular complexity index is 419. The lowest BCUT2D eigenvalue weighted by Gasteiger charge is -2.17. The van der Waals surface area contributed by atoms with E-state index in [1.165, 1.54) is 0 Å². The second-order valence-corrected chi connectivity index (χ2v) is 4.96. The number of carbonyl (C=O) groups excluding carboxylic acids is 1. The van der Waals surface area contributed by atoms with E-state index < -0.39 is 0 Å². The fourth-order valence-corrected chi connectivity index (χ4v) is 2.30. The van der Waals surface area contributed by atoms with Crippen LogP contribution >= 0.6 is 15.9 Å². The number of aliphatic hydroxyl groups is 1. The first-order chi connectivity index (χ1) is 7.59. The predicted octanol–water partition coefficient (Wildman–Crippen LogP) is 1.96. The zero-order chi connectivity index (χ0) is 11.7. The SMILES string of the molecule is Cc1c(Br)cccc1C(=O)N1CC[C@H](O)C1. The Kier molecular flexibility index (Phi) is 3.30. The average molecular weight is 284 g/mol. The third kappa shape index (κ3) is 2.13. The fourth-order valence-electron chi connectivity index (χ4n) is 1.94. The lowest BCUT2D eigenvalue weighted by molar-refractivity contribution is 0.0764. The van der Waals surface area contributed by atoms with Crippen LogP contribution in [0.3, 0.4) is 0 Å². The molecule has 3 nitrogen and oxygen atoms in total. The van der Waals surface area contributed by atoms with Gasteiger partial charge >= 0.3 is 0 Å². The van der Waals surface area contributed by atoms with E-state index in [2.05, 4.69) is 15.9 Å². The number of carbonyl (C=O) groups is 1. The monoisotopic (exact) mass is 283 g/mol. The summed E-state index contributed by atoms with van der Waals surface area (Å²) in [7, 11) is 0. The van der Waals surface area contributed by atoms with Crippen molar-refractivity contribution in [1.29, 1.82) is 0 Å². The van der Waals surface area contributed by atoms with Crippen molar-refractivity contribution < 1.29 is 9.90 Å². The molecule has 0 bridgehead atoms. The van der Waals surface area contributed by atoms with Crippen LogP contribution in [0.4, 0.5) is 0 Å². The molecule has 0 saturated carbocycles. The minimum Gasteiger partial charge on any atom is -0.391 e. The van der Waals surface area contributed by atoms with Crippen molar-refractivity contribution in [2.24, 2.45) is 0 Å². The van der Waals surface area contributed by atoms with Crippen LogP contribution in [0.15, 0.2) is 22.7 Å². The van der Waals surface area contributed by atoms with Crippen molar-refractivity contribution in [2.75, 3.05) is 13.1 Å². The molecule has 1 atom stereocenters. The van der Waals surface area contributed by atoms with Crippen molar-refractivity contribution in [3.8, 4) is 0 Å². The molecule has 1 aromatic rings. The maximum Gasteiger partial charge on any atom is 0.254 e. The molecular weight excluding hydrogens is 270 g/mol. The number of aliphatic hydroxyl groups excluding tert-OH is 1. The van der Waals surface area contributed by atoms with Crippen LogP contribution in [-0.2, 0) is 0 Å². The van der Waals surface area contributed by atoms with Crippen molar-refractivity contribution in [2.45, 2.75) is 19.4 Å². The van der Waals surface area contributed by atoms with E-state index in [1.54, 1.807) is 4.90 Å². The van der Waals surface area contributed by atoms with E-state index in [9.17, 15) is 9.90 Å². The van der Waals surface area contributed by atoms with Gasteiger partial charge in [0.05, 0.1) is 6.10 Å². The van der Waals surface area contributed by atoms with E-state index in [-0.39, 0.29) is 12.0 Å². The summed E-state index contributed by atoms with van der Waals surface area (Å²) in [5, 5.41) is 9.42. The van der Waals surface area contributed by atoms with Gasteiger partial charge in [-0.3, -0.25) is 4.79 Å². The molecule has 1 aromatic carbocycles. The van der Waals surface area contributed by atoms with Crippen molar-refractivity contribution in [3.05, 3.63) is 33.8 Å². The van der Waals surface area contributed by atoms with Crippen LogP contribution < -0.4 is 0 Å². The molecule has 2 rings (SSSR count). The lowest BCUT2D eigenvalue weighted by Crippen LogP contribution is -2.30. The van der Waals surface area contributed by atoms with Gasteiger partial charge in [0.25, 0.3) is 5.91 Å². The number of nitrogens with zero attached hydrogens (tertiary/aromatic N) is 1. The highest BCUT2D eigenvalue weighted by molar-refractivity contribution is 9.10. The lowest BCUT2D eigenvalue weighted by atomic mass is 10.1. The highest BCUT2D eigenvalue weighted by atomic mass is 79.9. The van der Waals surface area contributed by atoms with Gasteiger partial charge in [-0.25, -0.2) is 0 Å². The number of amides is 1. The van der Waals surface area contributed by atoms with Gasteiger partial charge in [0.15, 0.2) is 0 Å². The number of hydrogen-bond donors (Lipinski definition) is 1. The molecule has 4 heteroatoms. The first kappa shape index (κ1) is 11.6. The first-order valence-corrected chi connectivity index (χ1v) is 6.11. The van der Waals surface area contributed by atoms with Gasteiger partial charge in [0.2, 0.25) is 0 Å². The molecule has 0 aliphatic carbocycles. The van der Waals surface area contributed by atoms with Gasteiger partial charge < -0.3 is 10.0 Å². The maximum atomic E-state index is 12.2. The van der Waals surface area contributed by atoms with Crippen LogP contribution in [-0.4, -0.2) is 35.1 Å². The Morgan fingerprint density at radius 3 is 2.94 bits per heavy atom. The number of rotatable bonds is 1. The average Bonchev–Trinajstić information content (AvgIpc) is 2.68. The fraction of sp³-hybridized carbons (Fsp3) is 0.417. The quantitative estimate of drug-likeness (QED) is 0.856. The minimum absolute atomic E-state index is 0.00958. The summed E-state index contributed by atoms with van der Waals surface area (Å²) in [5.41, 5.74) is 1.66. The van der Waals surface area contributed by atoms with E-state index >= 15 is 0 Å². The normalized spacial score (nSPS) is 20.2. The van der Waals surface area contributed by atoms with E-state index in [1.807, 2.05) is 25.1 Å². The molecule has 0 unspecified atom stereocenters. The Morgan fingerprint density at radius 1 is 1.56 bits per heavy atom. The maximum absolute atomic E-state index is 12.2. The van der Waals surface area contributed by atoms with Crippen molar-refractivity contribution >= 4 is 21.8 Å². The minimum atomic E-state index is -0.364. The molecule has 1 heterocycles. The summed E-state index contributed by atoms with van der Waals surface area (Å²) in [4.78, 5) is 13.9. The molecule has 1 amide bonds. The smallest absolute Gasteiger partial charge is 0.254 e. The van der Waals surface area contributed by atoms with Gasteiger partial charge in [0, 0.05) is 23.1 Å². The molecule has 0 aromatic heterocycles. The number of benzene rings is 1. The zero-order valence-electron chi connectivity index (χ0n) is 9.11. The van der Waals surface area contributed by atoms with Crippen LogP contribution in [0, 0.1) is 6.92 Å². The largest absolute Gasteiger partial charge is 0.391 e. The van der Waals surface area contributed by atoms with Crippen molar-refractivity contribution in [3.63, 3.8) is 0 Å². The number of likely N-dealkylation sites (tertiary alicyclic amines) is 1. The number of hydrogen-bond acceptors (Lipinski definition) is 2. The molecule has 0 spiro atoms. The van der Waals surface area contributed by atoms with Gasteiger partial charge in [-0.2, -0.15) is 0 Å². The Hall–Kier alpha value is -0.870. The summed E-state index contributed by atoms with van der Waals surface area (Å²) in [5.74, 6) is 0.00958. The zero-order valence-corrected chi connectivity index (χ0v) is 10.7. The molecule has 0 radical (unpaired) electrons. The summed E-state index contributed by atoms with van der Waals surface area (Å²) in [6.07, 6.45) is 0.315. The molecular formula is C12H14BrNO2.